The van der Waals surface area contributed by atoms with Crippen molar-refractivity contribution >= 4 is 61.7 Å². The Bertz CT molecular complexity index is 1320. The van der Waals surface area contributed by atoms with Gasteiger partial charge >= 0.3 is 0 Å². The third-order valence-electron chi connectivity index (χ3n) is 3.99. The number of carbonyl (C=O) groups excluding carboxylic acids is 1. The summed E-state index contributed by atoms with van der Waals surface area (Å²) in [5.41, 5.74) is 0.406. The van der Waals surface area contributed by atoms with E-state index in [9.17, 15) is 18.5 Å². The zero-order valence-corrected chi connectivity index (χ0v) is 19.2. The lowest BCUT2D eigenvalue weighted by atomic mass is 10.2. The van der Waals surface area contributed by atoms with Crippen molar-refractivity contribution in [1.29, 1.82) is 5.26 Å². The minimum absolute atomic E-state index is 0.0404. The number of sulfone groups is 1. The van der Waals surface area contributed by atoms with E-state index in [0.29, 0.717) is 32.9 Å². The van der Waals surface area contributed by atoms with Crippen LogP contribution in [0.15, 0.2) is 45.5 Å². The molecule has 0 radical (unpaired) electrons. The second-order valence-corrected chi connectivity index (χ2v) is 10.4. The summed E-state index contributed by atoms with van der Waals surface area (Å²) in [6.45, 7) is 3.00. The van der Waals surface area contributed by atoms with Crippen molar-refractivity contribution < 1.29 is 17.6 Å². The molecule has 12 heteroatoms. The number of nitriles is 1. The molecule has 1 amide bonds. The summed E-state index contributed by atoms with van der Waals surface area (Å²) in [6.07, 6.45) is 1.25. The maximum atomic E-state index is 12.4. The SMILES string of the molecule is CC(C)S(=O)(=O)c1nsc(NC(=O)C(C#N)=Cc2ccc(-c3ccc(Cl)c(Cl)c3)o2)n1. The van der Waals surface area contributed by atoms with Gasteiger partial charge in [0, 0.05) is 23.2 Å². The fourth-order valence-corrected chi connectivity index (χ4v) is 4.27. The van der Waals surface area contributed by atoms with Gasteiger partial charge in [-0.3, -0.25) is 10.1 Å². The lowest BCUT2D eigenvalue weighted by Gasteiger charge is -2.02. The summed E-state index contributed by atoms with van der Waals surface area (Å²) in [5, 5.41) is 11.4. The number of hydrogen-bond donors (Lipinski definition) is 1. The van der Waals surface area contributed by atoms with Crippen LogP contribution in [0.1, 0.15) is 19.6 Å². The molecule has 2 aromatic heterocycles. The molecule has 0 unspecified atom stereocenters. The molecular formula is C19H14Cl2N4O4S2. The van der Waals surface area contributed by atoms with Gasteiger partial charge in [-0.1, -0.05) is 23.2 Å². The predicted molar refractivity (Wildman–Crippen MR) is 119 cm³/mol. The van der Waals surface area contributed by atoms with Gasteiger partial charge in [0.05, 0.1) is 15.3 Å². The zero-order valence-electron chi connectivity index (χ0n) is 16.1. The van der Waals surface area contributed by atoms with E-state index in [1.165, 1.54) is 19.9 Å². The molecular weight excluding hydrogens is 483 g/mol. The molecule has 0 aliphatic carbocycles. The van der Waals surface area contributed by atoms with Crippen molar-refractivity contribution in [2.75, 3.05) is 5.32 Å². The van der Waals surface area contributed by atoms with Gasteiger partial charge in [-0.2, -0.15) is 14.6 Å². The van der Waals surface area contributed by atoms with Crippen LogP contribution >= 0.6 is 34.7 Å². The van der Waals surface area contributed by atoms with Crippen LogP contribution < -0.4 is 5.32 Å². The smallest absolute Gasteiger partial charge is 0.268 e. The van der Waals surface area contributed by atoms with Crippen LogP contribution in [-0.4, -0.2) is 28.9 Å². The molecule has 0 aliphatic rings. The first-order chi connectivity index (χ1) is 14.6. The number of nitrogens with zero attached hydrogens (tertiary/aromatic N) is 3. The van der Waals surface area contributed by atoms with Gasteiger partial charge in [-0.15, -0.1) is 0 Å². The van der Waals surface area contributed by atoms with Crippen molar-refractivity contribution in [2.45, 2.75) is 24.3 Å². The minimum atomic E-state index is -3.67. The summed E-state index contributed by atoms with van der Waals surface area (Å²) in [6, 6.07) is 10.00. The summed E-state index contributed by atoms with van der Waals surface area (Å²) in [7, 11) is -3.67. The molecule has 2 heterocycles. The van der Waals surface area contributed by atoms with Crippen molar-refractivity contribution in [3.8, 4) is 17.4 Å². The van der Waals surface area contributed by atoms with Gasteiger partial charge in [-0.25, -0.2) is 8.42 Å². The molecule has 0 saturated carbocycles. The van der Waals surface area contributed by atoms with E-state index in [1.54, 1.807) is 36.4 Å². The van der Waals surface area contributed by atoms with E-state index in [-0.39, 0.29) is 21.6 Å². The van der Waals surface area contributed by atoms with Crippen molar-refractivity contribution in [2.24, 2.45) is 0 Å². The van der Waals surface area contributed by atoms with Gasteiger partial charge in [0.1, 0.15) is 23.2 Å². The van der Waals surface area contributed by atoms with E-state index >= 15 is 0 Å². The number of furan rings is 1. The monoisotopic (exact) mass is 496 g/mol. The molecule has 1 N–H and O–H groups in total. The normalized spacial score (nSPS) is 12.1. The van der Waals surface area contributed by atoms with Crippen LogP contribution in [-0.2, 0) is 14.6 Å². The van der Waals surface area contributed by atoms with Gasteiger partial charge in [-0.05, 0) is 44.2 Å². The maximum absolute atomic E-state index is 12.4. The molecule has 0 saturated heterocycles. The summed E-state index contributed by atoms with van der Waals surface area (Å²) in [5.74, 6) is -0.0529. The fourth-order valence-electron chi connectivity index (χ4n) is 2.28. The van der Waals surface area contributed by atoms with E-state index < -0.39 is 21.0 Å². The largest absolute Gasteiger partial charge is 0.457 e. The van der Waals surface area contributed by atoms with Crippen molar-refractivity contribution in [3.63, 3.8) is 0 Å². The highest BCUT2D eigenvalue weighted by Gasteiger charge is 2.25. The lowest BCUT2D eigenvalue weighted by Crippen LogP contribution is -2.16. The average molecular weight is 497 g/mol. The van der Waals surface area contributed by atoms with Crippen LogP contribution in [0.25, 0.3) is 17.4 Å². The average Bonchev–Trinajstić information content (AvgIpc) is 3.38. The van der Waals surface area contributed by atoms with Crippen LogP contribution in [0.3, 0.4) is 0 Å². The number of nitrogens with one attached hydrogen (secondary N) is 1. The number of aromatic nitrogens is 2. The second-order valence-electron chi connectivity index (χ2n) is 6.43. The molecule has 0 fully saturated rings. The highest BCUT2D eigenvalue weighted by molar-refractivity contribution is 7.91. The molecule has 0 atom stereocenters. The number of halogens is 2. The molecule has 0 spiro atoms. The van der Waals surface area contributed by atoms with Gasteiger partial charge < -0.3 is 4.42 Å². The summed E-state index contributed by atoms with van der Waals surface area (Å²) >= 11 is 12.6. The maximum Gasteiger partial charge on any atom is 0.268 e. The summed E-state index contributed by atoms with van der Waals surface area (Å²) < 4.78 is 33.6. The number of carbonyl (C=O) groups is 1. The molecule has 0 bridgehead atoms. The Morgan fingerprint density at radius 3 is 2.65 bits per heavy atom. The van der Waals surface area contributed by atoms with Crippen molar-refractivity contribution in [3.05, 3.63) is 51.7 Å². The molecule has 8 nitrogen and oxygen atoms in total. The standard InChI is InChI=1S/C19H14Cl2N4O4S2/c1-10(2)31(27,28)19-24-18(30-25-19)23-17(26)12(9-22)7-13-4-6-16(29-13)11-3-5-14(20)15(21)8-11/h3-8,10H,1-2H3,(H,23,24,25,26). The molecule has 160 valence electrons. The van der Waals surface area contributed by atoms with Crippen LogP contribution in [0.2, 0.25) is 10.0 Å². The quantitative estimate of drug-likeness (QED) is 0.382. The van der Waals surface area contributed by atoms with Gasteiger partial charge in [0.25, 0.3) is 11.1 Å². The van der Waals surface area contributed by atoms with Gasteiger partial charge in [0.2, 0.25) is 15.0 Å². The number of rotatable bonds is 6. The Labute approximate surface area is 192 Å². The highest BCUT2D eigenvalue weighted by Crippen LogP contribution is 2.30. The third-order valence-corrected chi connectivity index (χ3v) is 7.40. The molecule has 1 aromatic carbocycles. The Morgan fingerprint density at radius 1 is 1.26 bits per heavy atom. The van der Waals surface area contributed by atoms with E-state index in [4.69, 9.17) is 27.6 Å². The molecule has 3 rings (SSSR count). The summed E-state index contributed by atoms with van der Waals surface area (Å²) in [4.78, 5) is 16.2. The van der Waals surface area contributed by atoms with Crippen LogP contribution in [0.4, 0.5) is 5.13 Å². The lowest BCUT2D eigenvalue weighted by molar-refractivity contribution is -0.112. The Balaban J connectivity index is 1.79. The highest BCUT2D eigenvalue weighted by atomic mass is 35.5. The molecule has 0 aliphatic heterocycles. The predicted octanol–water partition coefficient (Wildman–Crippen LogP) is 4.83. The van der Waals surface area contributed by atoms with Crippen LogP contribution in [0.5, 0.6) is 0 Å². The van der Waals surface area contributed by atoms with Crippen molar-refractivity contribution in [1.82, 2.24) is 9.36 Å². The molecule has 31 heavy (non-hydrogen) atoms. The minimum Gasteiger partial charge on any atom is -0.457 e. The zero-order chi connectivity index (χ0) is 22.8. The number of hydrogen-bond acceptors (Lipinski definition) is 8. The number of amides is 1. The number of benzene rings is 1. The first kappa shape index (κ1) is 23.0. The van der Waals surface area contributed by atoms with E-state index in [2.05, 4.69) is 14.7 Å². The second kappa shape index (κ2) is 9.20. The first-order valence-corrected chi connectivity index (χ1v) is 11.8. The topological polar surface area (TPSA) is 126 Å². The molecule has 3 aromatic rings. The first-order valence-electron chi connectivity index (χ1n) is 8.68. The van der Waals surface area contributed by atoms with E-state index in [1.807, 2.05) is 0 Å². The van der Waals surface area contributed by atoms with E-state index in [0.717, 1.165) is 0 Å². The Hall–Kier alpha value is -2.71. The Morgan fingerprint density at radius 2 is 2.00 bits per heavy atom. The van der Waals surface area contributed by atoms with Gasteiger partial charge in [0.15, 0.2) is 0 Å². The fraction of sp³-hybridized carbons (Fsp3) is 0.158. The van der Waals surface area contributed by atoms with Crippen LogP contribution in [0, 0.1) is 11.3 Å². The number of anilines is 1. The Kier molecular flexibility index (Phi) is 6.81. The third kappa shape index (κ3) is 5.14.